The van der Waals surface area contributed by atoms with Crippen molar-refractivity contribution < 1.29 is 14.3 Å². The molecule has 0 saturated carbocycles. The van der Waals surface area contributed by atoms with Gasteiger partial charge in [-0.15, -0.1) is 0 Å². The van der Waals surface area contributed by atoms with E-state index in [0.29, 0.717) is 49.1 Å². The van der Waals surface area contributed by atoms with E-state index < -0.39 is 5.60 Å². The van der Waals surface area contributed by atoms with Crippen LogP contribution < -0.4 is 10.2 Å². The van der Waals surface area contributed by atoms with Crippen molar-refractivity contribution in [2.45, 2.75) is 33.3 Å². The summed E-state index contributed by atoms with van der Waals surface area (Å²) in [6.07, 6.45) is 4.67. The molecule has 2 aromatic heterocycles. The SMILES string of the molecule is CC(=O)c1cnc2ccc(Br)cc2c1Nc1cnc(N2CCN(C(=O)OC(C)(C)C)CC2)nc1. The number of hydrogen-bond acceptors (Lipinski definition) is 8. The van der Waals surface area contributed by atoms with Gasteiger partial charge in [0.15, 0.2) is 5.78 Å². The number of hydrogen-bond donors (Lipinski definition) is 1. The van der Waals surface area contributed by atoms with Crippen LogP contribution in [0.2, 0.25) is 0 Å². The molecule has 1 amide bonds. The molecule has 1 saturated heterocycles. The molecule has 1 aliphatic heterocycles. The van der Waals surface area contributed by atoms with Gasteiger partial charge in [0.25, 0.3) is 0 Å². The van der Waals surface area contributed by atoms with Crippen LogP contribution in [-0.4, -0.2) is 63.5 Å². The number of fused-ring (bicyclic) bond motifs is 1. The highest BCUT2D eigenvalue weighted by Gasteiger charge is 2.26. The van der Waals surface area contributed by atoms with Crippen LogP contribution in [0.5, 0.6) is 0 Å². The summed E-state index contributed by atoms with van der Waals surface area (Å²) in [4.78, 5) is 41.7. The molecule has 1 aliphatic rings. The molecule has 1 N–H and O–H groups in total. The summed E-state index contributed by atoms with van der Waals surface area (Å²) in [5, 5.41) is 4.13. The van der Waals surface area contributed by atoms with Gasteiger partial charge in [-0.2, -0.15) is 0 Å². The number of ketones is 1. The average Bonchev–Trinajstić information content (AvgIpc) is 2.78. The minimum atomic E-state index is -0.515. The molecule has 1 aromatic carbocycles. The van der Waals surface area contributed by atoms with Crippen molar-refractivity contribution in [3.8, 4) is 0 Å². The second-order valence-electron chi connectivity index (χ2n) is 9.12. The Morgan fingerprint density at radius 2 is 1.71 bits per heavy atom. The summed E-state index contributed by atoms with van der Waals surface area (Å²) >= 11 is 3.49. The van der Waals surface area contributed by atoms with Crippen LogP contribution in [0.4, 0.5) is 22.1 Å². The molecule has 178 valence electrons. The molecule has 3 aromatic rings. The maximum atomic E-state index is 12.3. The molecule has 0 aliphatic carbocycles. The number of piperazine rings is 1. The lowest BCUT2D eigenvalue weighted by atomic mass is 10.1. The third kappa shape index (κ3) is 5.44. The van der Waals surface area contributed by atoms with E-state index in [1.807, 2.05) is 43.9 Å². The fourth-order valence-corrected chi connectivity index (χ4v) is 4.04. The van der Waals surface area contributed by atoms with Crippen molar-refractivity contribution in [3.05, 3.63) is 46.8 Å². The highest BCUT2D eigenvalue weighted by molar-refractivity contribution is 9.10. The van der Waals surface area contributed by atoms with Crippen molar-refractivity contribution in [1.82, 2.24) is 19.9 Å². The Hall–Kier alpha value is -3.27. The second kappa shape index (κ2) is 9.54. The number of nitrogens with zero attached hydrogens (tertiary/aromatic N) is 5. The largest absolute Gasteiger partial charge is 0.444 e. The Balaban J connectivity index is 1.48. The van der Waals surface area contributed by atoms with E-state index in [0.717, 1.165) is 15.4 Å². The third-order valence-electron chi connectivity index (χ3n) is 5.33. The van der Waals surface area contributed by atoms with Crippen molar-refractivity contribution >= 4 is 56.0 Å². The number of pyridine rings is 1. The average molecular weight is 527 g/mol. The number of anilines is 3. The zero-order valence-electron chi connectivity index (χ0n) is 19.6. The first-order valence-electron chi connectivity index (χ1n) is 11.0. The van der Waals surface area contributed by atoms with Gasteiger partial charge in [0.05, 0.1) is 34.8 Å². The normalized spacial score (nSPS) is 14.3. The number of carbonyl (C=O) groups is 2. The van der Waals surface area contributed by atoms with E-state index >= 15 is 0 Å². The lowest BCUT2D eigenvalue weighted by Gasteiger charge is -2.35. The summed E-state index contributed by atoms with van der Waals surface area (Å²) in [7, 11) is 0. The highest BCUT2D eigenvalue weighted by atomic mass is 79.9. The molecular weight excluding hydrogens is 500 g/mol. The minimum absolute atomic E-state index is 0.0859. The fourth-order valence-electron chi connectivity index (χ4n) is 3.68. The third-order valence-corrected chi connectivity index (χ3v) is 5.82. The summed E-state index contributed by atoms with van der Waals surface area (Å²) in [6, 6.07) is 5.73. The molecule has 3 heterocycles. The lowest BCUT2D eigenvalue weighted by Crippen LogP contribution is -2.50. The van der Waals surface area contributed by atoms with Crippen LogP contribution in [0.15, 0.2) is 41.3 Å². The molecule has 9 nitrogen and oxygen atoms in total. The highest BCUT2D eigenvalue weighted by Crippen LogP contribution is 2.31. The van der Waals surface area contributed by atoms with Gasteiger partial charge < -0.3 is 19.9 Å². The Morgan fingerprint density at radius 1 is 1.03 bits per heavy atom. The number of halogens is 1. The van der Waals surface area contributed by atoms with E-state index in [-0.39, 0.29) is 11.9 Å². The van der Waals surface area contributed by atoms with Crippen LogP contribution in [0.25, 0.3) is 10.9 Å². The van der Waals surface area contributed by atoms with E-state index in [1.54, 1.807) is 23.5 Å². The molecular formula is C24H27BrN6O3. The predicted molar refractivity (Wildman–Crippen MR) is 135 cm³/mol. The fraction of sp³-hybridized carbons (Fsp3) is 0.375. The summed E-state index contributed by atoms with van der Waals surface area (Å²) < 4.78 is 6.34. The standard InChI is InChI=1S/C24H27BrN6O3/c1-15(32)19-14-26-20-6-5-16(25)11-18(20)21(19)29-17-12-27-22(28-13-17)30-7-9-31(10-8-30)23(33)34-24(2,3)4/h5-6,11-14H,7-10H2,1-4H3,(H,26,29). The molecule has 0 spiro atoms. The Labute approximate surface area is 206 Å². The van der Waals surface area contributed by atoms with Gasteiger partial charge in [0, 0.05) is 42.2 Å². The Bertz CT molecular complexity index is 1220. The summed E-state index contributed by atoms with van der Waals surface area (Å²) in [5.41, 5.74) is 2.08. The van der Waals surface area contributed by atoms with Gasteiger partial charge in [-0.05, 0) is 45.9 Å². The van der Waals surface area contributed by atoms with Crippen LogP contribution in [0.1, 0.15) is 38.1 Å². The van der Waals surface area contributed by atoms with E-state index in [4.69, 9.17) is 4.74 Å². The van der Waals surface area contributed by atoms with Gasteiger partial charge in [-0.3, -0.25) is 9.78 Å². The van der Waals surface area contributed by atoms with Crippen LogP contribution >= 0.6 is 15.9 Å². The van der Waals surface area contributed by atoms with Crippen LogP contribution in [0.3, 0.4) is 0 Å². The van der Waals surface area contributed by atoms with Crippen LogP contribution in [0, 0.1) is 0 Å². The summed E-state index contributed by atoms with van der Waals surface area (Å²) in [5.74, 6) is 0.501. The van der Waals surface area contributed by atoms with Gasteiger partial charge in [-0.1, -0.05) is 15.9 Å². The van der Waals surface area contributed by atoms with Crippen molar-refractivity contribution in [2.75, 3.05) is 36.4 Å². The van der Waals surface area contributed by atoms with Crippen molar-refractivity contribution in [3.63, 3.8) is 0 Å². The van der Waals surface area contributed by atoms with Gasteiger partial charge in [-0.25, -0.2) is 14.8 Å². The number of rotatable bonds is 4. The monoisotopic (exact) mass is 526 g/mol. The van der Waals surface area contributed by atoms with E-state index in [1.165, 1.54) is 6.92 Å². The van der Waals surface area contributed by atoms with E-state index in [9.17, 15) is 9.59 Å². The topological polar surface area (TPSA) is 101 Å². The molecule has 0 unspecified atom stereocenters. The van der Waals surface area contributed by atoms with Crippen LogP contribution in [-0.2, 0) is 4.74 Å². The number of aromatic nitrogens is 3. The zero-order chi connectivity index (χ0) is 24.5. The van der Waals surface area contributed by atoms with Gasteiger partial charge in [0.1, 0.15) is 5.60 Å². The molecule has 0 bridgehead atoms. The number of amides is 1. The second-order valence-corrected chi connectivity index (χ2v) is 10.0. The molecule has 1 fully saturated rings. The molecule has 4 rings (SSSR count). The van der Waals surface area contributed by atoms with Gasteiger partial charge >= 0.3 is 6.09 Å². The zero-order valence-corrected chi connectivity index (χ0v) is 21.2. The van der Waals surface area contributed by atoms with Crippen molar-refractivity contribution in [2.24, 2.45) is 0 Å². The molecule has 10 heteroatoms. The Morgan fingerprint density at radius 3 is 2.32 bits per heavy atom. The first-order chi connectivity index (χ1) is 16.1. The number of carbonyl (C=O) groups excluding carboxylic acids is 2. The first-order valence-corrected chi connectivity index (χ1v) is 11.8. The number of benzene rings is 1. The smallest absolute Gasteiger partial charge is 0.410 e. The Kier molecular flexibility index (Phi) is 6.70. The maximum Gasteiger partial charge on any atom is 0.410 e. The van der Waals surface area contributed by atoms with E-state index in [2.05, 4.69) is 36.2 Å². The predicted octanol–water partition coefficient (Wildman–Crippen LogP) is 4.79. The number of ether oxygens (including phenoxy) is 1. The van der Waals surface area contributed by atoms with Crippen molar-refractivity contribution in [1.29, 1.82) is 0 Å². The molecule has 0 atom stereocenters. The number of nitrogens with one attached hydrogen (secondary N) is 1. The first kappa shape index (κ1) is 23.9. The minimum Gasteiger partial charge on any atom is -0.444 e. The molecule has 34 heavy (non-hydrogen) atoms. The quantitative estimate of drug-likeness (QED) is 0.484. The summed E-state index contributed by atoms with van der Waals surface area (Å²) in [6.45, 7) is 9.40. The number of Topliss-reactive ketones (excluding diaryl/α,β-unsaturated/α-hetero) is 1. The molecule has 0 radical (unpaired) electrons. The van der Waals surface area contributed by atoms with Gasteiger partial charge in [0.2, 0.25) is 5.95 Å². The lowest BCUT2D eigenvalue weighted by molar-refractivity contribution is 0.0240. The maximum absolute atomic E-state index is 12.3.